The molecule has 1 unspecified atom stereocenters. The topological polar surface area (TPSA) is 46.3 Å². The van der Waals surface area contributed by atoms with Crippen LogP contribution in [-0.4, -0.2) is 35.3 Å². The smallest absolute Gasteiger partial charge is 0.196 e. The van der Waals surface area contributed by atoms with Crippen LogP contribution in [0.25, 0.3) is 0 Å². The minimum Gasteiger partial charge on any atom is -0.448 e. The van der Waals surface area contributed by atoms with Crippen molar-refractivity contribution in [2.24, 2.45) is 0 Å². The third-order valence-electron chi connectivity index (χ3n) is 2.99. The molecule has 2 heterocycles. The Kier molecular flexibility index (Phi) is 2.86. The Hall–Kier alpha value is -1.16. The van der Waals surface area contributed by atoms with Gasteiger partial charge in [0.2, 0.25) is 0 Å². The zero-order valence-corrected chi connectivity index (χ0v) is 9.19. The lowest BCUT2D eigenvalue weighted by molar-refractivity contribution is 0.101. The van der Waals surface area contributed by atoms with Crippen LogP contribution in [0.15, 0.2) is 10.7 Å². The Morgan fingerprint density at radius 2 is 2.53 bits per heavy atom. The van der Waals surface area contributed by atoms with Crippen LogP contribution in [0, 0.1) is 0 Å². The maximum atomic E-state index is 11.0. The number of hydrogen-bond acceptors (Lipinski definition) is 4. The number of likely N-dealkylation sites (N-methyl/N-ethyl adjacent to an activating group) is 1. The maximum absolute atomic E-state index is 11.0. The fourth-order valence-electron chi connectivity index (χ4n) is 2.01. The van der Waals surface area contributed by atoms with Crippen LogP contribution in [0.3, 0.4) is 0 Å². The zero-order valence-electron chi connectivity index (χ0n) is 9.19. The molecule has 0 spiro atoms. The van der Waals surface area contributed by atoms with E-state index in [1.807, 2.05) is 0 Å². The van der Waals surface area contributed by atoms with Crippen LogP contribution in [0.1, 0.15) is 36.1 Å². The monoisotopic (exact) mass is 208 g/mol. The van der Waals surface area contributed by atoms with Crippen LogP contribution < -0.4 is 0 Å². The maximum Gasteiger partial charge on any atom is 0.196 e. The van der Waals surface area contributed by atoms with Gasteiger partial charge >= 0.3 is 0 Å². The van der Waals surface area contributed by atoms with E-state index in [9.17, 15) is 4.79 Å². The zero-order chi connectivity index (χ0) is 10.8. The highest BCUT2D eigenvalue weighted by molar-refractivity contribution is 5.91. The van der Waals surface area contributed by atoms with E-state index in [-0.39, 0.29) is 5.78 Å². The standard InChI is InChI=1S/C11H16N2O2/c1-8(14)10-7-15-11(12-10)6-9-4-3-5-13(9)2/h7,9H,3-6H2,1-2H3. The lowest BCUT2D eigenvalue weighted by Gasteiger charge is -2.16. The van der Waals surface area contributed by atoms with Crippen molar-refractivity contribution in [3.8, 4) is 0 Å². The molecule has 1 fully saturated rings. The summed E-state index contributed by atoms with van der Waals surface area (Å²) in [6.07, 6.45) is 4.69. The summed E-state index contributed by atoms with van der Waals surface area (Å²) in [4.78, 5) is 17.5. The minimum absolute atomic E-state index is 0.0372. The van der Waals surface area contributed by atoms with Gasteiger partial charge in [0, 0.05) is 19.4 Å². The van der Waals surface area contributed by atoms with Crippen molar-refractivity contribution in [2.75, 3.05) is 13.6 Å². The molecule has 2 rings (SSSR count). The molecular formula is C11H16N2O2. The van der Waals surface area contributed by atoms with E-state index in [0.29, 0.717) is 17.6 Å². The number of oxazole rings is 1. The predicted octanol–water partition coefficient (Wildman–Crippen LogP) is 1.51. The van der Waals surface area contributed by atoms with Gasteiger partial charge in [0.15, 0.2) is 11.7 Å². The van der Waals surface area contributed by atoms with E-state index in [1.54, 1.807) is 0 Å². The molecule has 1 saturated heterocycles. The third-order valence-corrected chi connectivity index (χ3v) is 2.99. The first-order chi connectivity index (χ1) is 7.16. The summed E-state index contributed by atoms with van der Waals surface area (Å²) in [7, 11) is 2.12. The lowest BCUT2D eigenvalue weighted by atomic mass is 10.1. The van der Waals surface area contributed by atoms with Crippen LogP contribution in [0.5, 0.6) is 0 Å². The Balaban J connectivity index is 2.01. The number of ketones is 1. The van der Waals surface area contributed by atoms with Crippen molar-refractivity contribution < 1.29 is 9.21 Å². The van der Waals surface area contributed by atoms with Gasteiger partial charge in [0.25, 0.3) is 0 Å². The summed E-state index contributed by atoms with van der Waals surface area (Å²) in [6, 6.07) is 0.517. The molecule has 1 aliphatic heterocycles. The van der Waals surface area contributed by atoms with E-state index in [0.717, 1.165) is 13.0 Å². The van der Waals surface area contributed by atoms with Gasteiger partial charge in [0.05, 0.1) is 0 Å². The average Bonchev–Trinajstić information content (AvgIpc) is 2.77. The van der Waals surface area contributed by atoms with E-state index in [2.05, 4.69) is 16.9 Å². The number of carbonyl (C=O) groups is 1. The van der Waals surface area contributed by atoms with Crippen LogP contribution in [0.2, 0.25) is 0 Å². The molecular weight excluding hydrogens is 192 g/mol. The summed E-state index contributed by atoms with van der Waals surface area (Å²) >= 11 is 0. The first-order valence-electron chi connectivity index (χ1n) is 5.32. The largest absolute Gasteiger partial charge is 0.448 e. The summed E-state index contributed by atoms with van der Waals surface area (Å²) in [6.45, 7) is 2.65. The fourth-order valence-corrected chi connectivity index (χ4v) is 2.01. The molecule has 0 N–H and O–H groups in total. The van der Waals surface area contributed by atoms with Crippen LogP contribution >= 0.6 is 0 Å². The molecule has 0 saturated carbocycles. The normalized spacial score (nSPS) is 22.1. The molecule has 1 aromatic rings. The van der Waals surface area contributed by atoms with Gasteiger partial charge in [-0.3, -0.25) is 4.79 Å². The molecule has 0 radical (unpaired) electrons. The van der Waals surface area contributed by atoms with Gasteiger partial charge in [-0.15, -0.1) is 0 Å². The molecule has 0 aliphatic carbocycles. The molecule has 1 aliphatic rings. The highest BCUT2D eigenvalue weighted by Crippen LogP contribution is 2.18. The molecule has 0 bridgehead atoms. The minimum atomic E-state index is -0.0372. The molecule has 0 amide bonds. The Morgan fingerprint density at radius 3 is 3.07 bits per heavy atom. The molecule has 1 aromatic heterocycles. The summed E-state index contributed by atoms with van der Waals surface area (Å²) in [5.41, 5.74) is 0.436. The number of aromatic nitrogens is 1. The first-order valence-corrected chi connectivity index (χ1v) is 5.32. The lowest BCUT2D eigenvalue weighted by Crippen LogP contribution is -2.26. The third kappa shape index (κ3) is 2.26. The number of carbonyl (C=O) groups excluding carboxylic acids is 1. The Labute approximate surface area is 89.3 Å². The van der Waals surface area contributed by atoms with Crippen LogP contribution in [-0.2, 0) is 6.42 Å². The second kappa shape index (κ2) is 4.14. The fraction of sp³-hybridized carbons (Fsp3) is 0.636. The second-order valence-corrected chi connectivity index (χ2v) is 4.16. The van der Waals surface area contributed by atoms with Crippen molar-refractivity contribution in [2.45, 2.75) is 32.2 Å². The quantitative estimate of drug-likeness (QED) is 0.706. The average molecular weight is 208 g/mol. The van der Waals surface area contributed by atoms with Crippen molar-refractivity contribution in [3.05, 3.63) is 17.8 Å². The van der Waals surface area contributed by atoms with E-state index >= 15 is 0 Å². The van der Waals surface area contributed by atoms with Crippen molar-refractivity contribution in [1.82, 2.24) is 9.88 Å². The molecule has 4 nitrogen and oxygen atoms in total. The number of Topliss-reactive ketones (excluding diaryl/α,β-unsaturated/α-hetero) is 1. The first kappa shape index (κ1) is 10.4. The van der Waals surface area contributed by atoms with E-state index in [1.165, 1.54) is 26.0 Å². The number of likely N-dealkylation sites (tertiary alicyclic amines) is 1. The molecule has 82 valence electrons. The Bertz CT molecular complexity index is 359. The second-order valence-electron chi connectivity index (χ2n) is 4.16. The highest BCUT2D eigenvalue weighted by atomic mass is 16.3. The van der Waals surface area contributed by atoms with Gasteiger partial charge in [-0.05, 0) is 26.4 Å². The predicted molar refractivity (Wildman–Crippen MR) is 55.9 cm³/mol. The van der Waals surface area contributed by atoms with E-state index in [4.69, 9.17) is 4.42 Å². The molecule has 0 aromatic carbocycles. The molecule has 1 atom stereocenters. The molecule has 15 heavy (non-hydrogen) atoms. The molecule has 4 heteroatoms. The Morgan fingerprint density at radius 1 is 1.73 bits per heavy atom. The van der Waals surface area contributed by atoms with Gasteiger partial charge in [-0.1, -0.05) is 0 Å². The van der Waals surface area contributed by atoms with Crippen molar-refractivity contribution in [1.29, 1.82) is 0 Å². The summed E-state index contributed by atoms with van der Waals surface area (Å²) in [5, 5.41) is 0. The van der Waals surface area contributed by atoms with Crippen molar-refractivity contribution in [3.63, 3.8) is 0 Å². The van der Waals surface area contributed by atoms with Gasteiger partial charge in [-0.25, -0.2) is 4.98 Å². The number of rotatable bonds is 3. The van der Waals surface area contributed by atoms with E-state index < -0.39 is 0 Å². The number of hydrogen-bond donors (Lipinski definition) is 0. The van der Waals surface area contributed by atoms with Crippen molar-refractivity contribution >= 4 is 5.78 Å². The SMILES string of the molecule is CC(=O)c1coc(CC2CCCN2C)n1. The van der Waals surface area contributed by atoms with Gasteiger partial charge in [-0.2, -0.15) is 0 Å². The van der Waals surface area contributed by atoms with Gasteiger partial charge < -0.3 is 9.32 Å². The summed E-state index contributed by atoms with van der Waals surface area (Å²) < 4.78 is 5.28. The number of nitrogens with zero attached hydrogens (tertiary/aromatic N) is 2. The van der Waals surface area contributed by atoms with Crippen LogP contribution in [0.4, 0.5) is 0 Å². The summed E-state index contributed by atoms with van der Waals surface area (Å²) in [5.74, 6) is 0.642. The highest BCUT2D eigenvalue weighted by Gasteiger charge is 2.23. The van der Waals surface area contributed by atoms with Gasteiger partial charge in [0.1, 0.15) is 12.0 Å².